The second kappa shape index (κ2) is 7.88. The van der Waals surface area contributed by atoms with Crippen LogP contribution in [-0.4, -0.2) is 51.0 Å². The van der Waals surface area contributed by atoms with E-state index in [0.29, 0.717) is 0 Å². The summed E-state index contributed by atoms with van der Waals surface area (Å²) >= 11 is 11.1. The van der Waals surface area contributed by atoms with E-state index in [1.54, 1.807) is 0 Å². The molecule has 0 fully saturated rings. The lowest BCUT2D eigenvalue weighted by atomic mass is 9.93. The van der Waals surface area contributed by atoms with Crippen LogP contribution in [0.1, 0.15) is 6.42 Å². The molecule has 0 amide bonds. The fourth-order valence-corrected chi connectivity index (χ4v) is 11.1. The Balaban J connectivity index is 5.94. The first-order valence-electron chi connectivity index (χ1n) is 7.20. The maximum absolute atomic E-state index is 13.6. The highest BCUT2D eigenvalue weighted by molar-refractivity contribution is 7.43. The zero-order valence-electron chi connectivity index (χ0n) is 14.5. The van der Waals surface area contributed by atoms with Crippen LogP contribution in [0.25, 0.3) is 0 Å². The normalized spacial score (nSPS) is 16.3. The number of alkyl halides is 13. The molecule has 0 radical (unpaired) electrons. The first-order valence-corrected chi connectivity index (χ1v) is 14.7. The van der Waals surface area contributed by atoms with Crippen molar-refractivity contribution in [1.82, 2.24) is 0 Å². The fraction of sp³-hybridized carbons (Fsp3) is 1.00. The van der Waals surface area contributed by atoms with E-state index in [0.717, 1.165) is 0 Å². The van der Waals surface area contributed by atoms with Gasteiger partial charge in [0.05, 0.1) is 0 Å². The molecule has 29 heavy (non-hydrogen) atoms. The number of rotatable bonds is 9. The Morgan fingerprint density at radius 3 is 1.28 bits per heavy atom. The molecule has 0 aliphatic heterocycles. The Hall–Kier alpha value is 0.0638. The van der Waals surface area contributed by atoms with Crippen molar-refractivity contribution in [1.29, 1.82) is 0 Å². The molecule has 0 saturated heterocycles. The van der Waals surface area contributed by atoms with Gasteiger partial charge in [-0.2, -0.15) is 57.1 Å². The third-order valence-electron chi connectivity index (χ3n) is 3.18. The topological polar surface area (TPSA) is 9.23 Å². The average molecular weight is 535 g/mol. The first-order chi connectivity index (χ1) is 12.2. The van der Waals surface area contributed by atoms with Crippen molar-refractivity contribution in [2.75, 3.05) is 0 Å². The van der Waals surface area contributed by atoms with E-state index in [2.05, 4.69) is 0 Å². The van der Waals surface area contributed by atoms with Crippen molar-refractivity contribution in [2.24, 2.45) is 0 Å². The van der Waals surface area contributed by atoms with Crippen molar-refractivity contribution in [3.63, 3.8) is 0 Å². The minimum Gasteiger partial charge on any atom is -0.434 e. The van der Waals surface area contributed by atoms with Gasteiger partial charge < -0.3 is 4.12 Å². The minimum absolute atomic E-state index is 1.42. The molecule has 0 saturated carbocycles. The van der Waals surface area contributed by atoms with Gasteiger partial charge in [0.1, 0.15) is 0 Å². The Kier molecular flexibility index (Phi) is 7.90. The van der Waals surface area contributed by atoms with Crippen LogP contribution >= 0.6 is 22.2 Å². The van der Waals surface area contributed by atoms with Gasteiger partial charge in [0.25, 0.3) is 0 Å². The van der Waals surface area contributed by atoms with E-state index in [-0.39, 0.29) is 0 Å². The minimum atomic E-state index is -7.92. The molecule has 0 aromatic rings. The van der Waals surface area contributed by atoms with Crippen LogP contribution in [0.15, 0.2) is 0 Å². The third kappa shape index (κ3) is 5.65. The van der Waals surface area contributed by atoms with Gasteiger partial charge in [-0.15, -0.1) is 22.2 Å². The quantitative estimate of drug-likeness (QED) is 0.170. The van der Waals surface area contributed by atoms with Gasteiger partial charge in [-0.1, -0.05) is 0 Å². The van der Waals surface area contributed by atoms with Gasteiger partial charge in [-0.3, -0.25) is 0 Å². The van der Waals surface area contributed by atoms with E-state index in [1.165, 1.54) is 19.6 Å². The molecule has 0 spiro atoms. The molecular formula is C11H13Cl2F13OSi2. The summed E-state index contributed by atoms with van der Waals surface area (Å²) < 4.78 is 174. The first kappa shape index (κ1) is 29.1. The zero-order chi connectivity index (χ0) is 24.1. The zero-order valence-corrected chi connectivity index (χ0v) is 18.0. The highest BCUT2D eigenvalue weighted by Crippen LogP contribution is 2.61. The van der Waals surface area contributed by atoms with E-state index >= 15 is 0 Å². The van der Waals surface area contributed by atoms with Gasteiger partial charge >= 0.3 is 42.7 Å². The molecule has 0 rings (SSSR count). The second-order valence-electron chi connectivity index (χ2n) is 6.85. The molecule has 0 atom stereocenters. The van der Waals surface area contributed by atoms with Gasteiger partial charge in [0, 0.05) is 6.42 Å². The van der Waals surface area contributed by atoms with Crippen molar-refractivity contribution >= 4 is 37.4 Å². The Morgan fingerprint density at radius 2 is 0.966 bits per heavy atom. The molecule has 0 aliphatic carbocycles. The second-order valence-corrected chi connectivity index (χ2v) is 17.9. The van der Waals surface area contributed by atoms with E-state index in [9.17, 15) is 57.1 Å². The van der Waals surface area contributed by atoms with Gasteiger partial charge in [0.2, 0.25) is 0 Å². The maximum Gasteiger partial charge on any atom is 0.460 e. The number of hydrogen-bond acceptors (Lipinski definition) is 1. The Labute approximate surface area is 167 Å². The Bertz CT molecular complexity index is 586. The average Bonchev–Trinajstić information content (AvgIpc) is 2.40. The highest BCUT2D eigenvalue weighted by atomic mass is 35.7. The maximum atomic E-state index is 13.6. The van der Waals surface area contributed by atoms with Crippen molar-refractivity contribution in [2.45, 2.75) is 67.9 Å². The van der Waals surface area contributed by atoms with E-state index in [1.807, 2.05) is 0 Å². The molecule has 18 heteroatoms. The number of hydrogen-bond donors (Lipinski definition) is 0. The summed E-state index contributed by atoms with van der Waals surface area (Å²) in [5, 5.41) is 0. The van der Waals surface area contributed by atoms with Crippen LogP contribution in [0.4, 0.5) is 57.1 Å². The lowest BCUT2D eigenvalue weighted by molar-refractivity contribution is -0.439. The predicted molar refractivity (Wildman–Crippen MR) is 82.1 cm³/mol. The summed E-state index contributed by atoms with van der Waals surface area (Å²) in [6.45, 7) is -0.0160. The number of halogens is 15. The molecule has 0 unspecified atom stereocenters. The summed E-state index contributed by atoms with van der Waals surface area (Å²) in [6, 6.07) is -1.44. The van der Waals surface area contributed by atoms with Crippen LogP contribution in [0, 0.1) is 0 Å². The lowest BCUT2D eigenvalue weighted by Crippen LogP contribution is -2.70. The summed E-state index contributed by atoms with van der Waals surface area (Å²) in [6.07, 6.45) is -9.89. The van der Waals surface area contributed by atoms with Crippen molar-refractivity contribution in [3.8, 4) is 0 Å². The van der Waals surface area contributed by atoms with Crippen LogP contribution in [0.3, 0.4) is 0 Å². The summed E-state index contributed by atoms with van der Waals surface area (Å²) in [5.41, 5.74) is 0. The Morgan fingerprint density at radius 1 is 0.621 bits per heavy atom. The molecule has 0 aromatic heterocycles. The molecule has 0 N–H and O–H groups in total. The lowest BCUT2D eigenvalue weighted by Gasteiger charge is -2.40. The summed E-state index contributed by atoms with van der Waals surface area (Å²) in [4.78, 5) is 0. The van der Waals surface area contributed by atoms with Crippen molar-refractivity contribution < 1.29 is 61.2 Å². The van der Waals surface area contributed by atoms with Gasteiger partial charge in [0.15, 0.2) is 8.32 Å². The monoisotopic (exact) mass is 534 g/mol. The largest absolute Gasteiger partial charge is 0.460 e. The highest BCUT2D eigenvalue weighted by Gasteiger charge is 2.90. The summed E-state index contributed by atoms with van der Waals surface area (Å²) in [5.74, 6) is -37.0. The molecule has 0 aliphatic rings. The van der Waals surface area contributed by atoms with Crippen LogP contribution in [0.2, 0.25) is 25.7 Å². The van der Waals surface area contributed by atoms with Crippen molar-refractivity contribution in [3.05, 3.63) is 0 Å². The molecule has 176 valence electrons. The summed E-state index contributed by atoms with van der Waals surface area (Å²) in [7, 11) is -2.67. The third-order valence-corrected chi connectivity index (χ3v) is 10.2. The standard InChI is InChI=1S/C11H13Cl2F13OSi2/c1-28(2,3)27-29(12,13)5-4-6(14,15)7(16,17)8(18,19)9(20,21)10(22,23)11(24,25)26/h4-5H2,1-3H3. The molecule has 0 bridgehead atoms. The van der Waals surface area contributed by atoms with Crippen LogP contribution in [0.5, 0.6) is 0 Å². The molecular weight excluding hydrogens is 522 g/mol. The molecule has 0 heterocycles. The van der Waals surface area contributed by atoms with E-state index < -0.39 is 63.5 Å². The smallest absolute Gasteiger partial charge is 0.434 e. The molecule has 1 nitrogen and oxygen atoms in total. The van der Waals surface area contributed by atoms with Crippen LogP contribution in [-0.2, 0) is 4.12 Å². The SMILES string of the molecule is C[Si](C)(C)O[Si](Cl)(Cl)CCC(F)(F)C(F)(F)C(F)(F)C(F)(F)C(F)(F)C(F)(F)F. The van der Waals surface area contributed by atoms with E-state index in [4.69, 9.17) is 26.3 Å². The van der Waals surface area contributed by atoms with Gasteiger partial charge in [-0.25, -0.2) is 0 Å². The molecule has 0 aromatic carbocycles. The van der Waals surface area contributed by atoms with Gasteiger partial charge in [-0.05, 0) is 25.7 Å². The van der Waals surface area contributed by atoms with Crippen LogP contribution < -0.4 is 0 Å². The predicted octanol–water partition coefficient (Wildman–Crippen LogP) is 7.38. The fourth-order valence-electron chi connectivity index (χ4n) is 1.76.